The zero-order valence-electron chi connectivity index (χ0n) is 25.9. The Morgan fingerprint density at radius 2 is 1.93 bits per heavy atom. The van der Waals surface area contributed by atoms with Crippen molar-refractivity contribution in [3.05, 3.63) is 55.3 Å². The first-order valence-corrected chi connectivity index (χ1v) is 14.6. The summed E-state index contributed by atoms with van der Waals surface area (Å²) in [6.45, 7) is 6.48. The third kappa shape index (κ3) is 7.30. The van der Waals surface area contributed by atoms with Gasteiger partial charge in [-0.25, -0.2) is 4.98 Å². The average molecular weight is 641 g/mol. The first kappa shape index (κ1) is 32.5. The SMILES string of the molecule is C=CC(=O)Nc1cccc(N2C(=O)C(C)(C)Oc3cnc(Nc4ccc(N5CCC(N(C)C)CC5)nc4OCC(F)(F)F)nc32)c1. The molecule has 1 aromatic carbocycles. The zero-order valence-corrected chi connectivity index (χ0v) is 25.9. The van der Waals surface area contributed by atoms with Gasteiger partial charge in [-0.1, -0.05) is 12.6 Å². The molecule has 0 aliphatic carbocycles. The van der Waals surface area contributed by atoms with Crippen molar-refractivity contribution in [3.8, 4) is 11.6 Å². The van der Waals surface area contributed by atoms with Crippen molar-refractivity contribution >= 4 is 46.5 Å². The second-order valence-electron chi connectivity index (χ2n) is 11.6. The molecule has 0 spiro atoms. The lowest BCUT2D eigenvalue weighted by Crippen LogP contribution is -2.51. The number of benzene rings is 1. The molecule has 0 bridgehead atoms. The third-order valence-corrected chi connectivity index (χ3v) is 7.57. The highest BCUT2D eigenvalue weighted by Crippen LogP contribution is 2.42. The number of anilines is 6. The number of rotatable bonds is 9. The van der Waals surface area contributed by atoms with Crippen LogP contribution in [0, 0.1) is 0 Å². The van der Waals surface area contributed by atoms with Crippen LogP contribution >= 0.6 is 0 Å². The van der Waals surface area contributed by atoms with Crippen molar-refractivity contribution in [1.82, 2.24) is 19.9 Å². The van der Waals surface area contributed by atoms with Crippen LogP contribution in [0.3, 0.4) is 0 Å². The number of aromatic nitrogens is 3. The number of nitrogens with zero attached hydrogens (tertiary/aromatic N) is 6. The summed E-state index contributed by atoms with van der Waals surface area (Å²) in [5.74, 6) is -0.437. The number of hydrogen-bond acceptors (Lipinski definition) is 10. The monoisotopic (exact) mass is 640 g/mol. The predicted molar refractivity (Wildman–Crippen MR) is 167 cm³/mol. The lowest BCUT2D eigenvalue weighted by molar-refractivity contribution is -0.154. The van der Waals surface area contributed by atoms with Gasteiger partial charge in [0.1, 0.15) is 11.5 Å². The molecule has 46 heavy (non-hydrogen) atoms. The van der Waals surface area contributed by atoms with Crippen LogP contribution in [0.25, 0.3) is 0 Å². The van der Waals surface area contributed by atoms with Crippen LogP contribution in [0.5, 0.6) is 11.6 Å². The summed E-state index contributed by atoms with van der Waals surface area (Å²) in [4.78, 5) is 44.2. The van der Waals surface area contributed by atoms with E-state index < -0.39 is 30.2 Å². The molecule has 0 unspecified atom stereocenters. The molecule has 2 aliphatic heterocycles. The lowest BCUT2D eigenvalue weighted by Gasteiger charge is -2.37. The molecule has 2 amide bonds. The highest BCUT2D eigenvalue weighted by atomic mass is 19.4. The molecule has 15 heteroatoms. The Hall–Kier alpha value is -4.92. The molecular weight excluding hydrogens is 605 g/mol. The standard InChI is InChI=1S/C31H35F3N8O4/c1-6-25(43)36-19-8-7-9-21(16-19)42-26-23(46-30(2,3)28(42)44)17-35-29(39-26)37-22-10-11-24(38-27(22)45-18-31(32,33)34)41-14-12-20(13-15-41)40(4)5/h6-11,16-17,20H,1,12-15,18H2,2-5H3,(H,36,43)(H,35,37,39). The first-order valence-electron chi connectivity index (χ1n) is 14.6. The third-order valence-electron chi connectivity index (χ3n) is 7.57. The molecule has 3 aromatic rings. The van der Waals surface area contributed by atoms with Crippen LogP contribution in [-0.2, 0) is 9.59 Å². The number of fused-ring (bicyclic) bond motifs is 1. The van der Waals surface area contributed by atoms with Crippen LogP contribution in [0.4, 0.5) is 47.8 Å². The number of nitrogens with one attached hydrogen (secondary N) is 2. The highest BCUT2D eigenvalue weighted by molar-refractivity contribution is 6.08. The van der Waals surface area contributed by atoms with Gasteiger partial charge in [-0.3, -0.25) is 14.5 Å². The first-order chi connectivity index (χ1) is 21.7. The van der Waals surface area contributed by atoms with E-state index in [2.05, 4.69) is 37.1 Å². The molecule has 4 heterocycles. The zero-order chi connectivity index (χ0) is 33.2. The number of amides is 2. The molecule has 1 saturated heterocycles. The van der Waals surface area contributed by atoms with Crippen LogP contribution in [-0.4, -0.2) is 83.3 Å². The van der Waals surface area contributed by atoms with E-state index in [0.29, 0.717) is 36.3 Å². The summed E-state index contributed by atoms with van der Waals surface area (Å²) in [5, 5.41) is 5.56. The van der Waals surface area contributed by atoms with Gasteiger partial charge in [-0.05, 0) is 77.2 Å². The molecule has 1 fully saturated rings. The molecule has 2 aromatic heterocycles. The number of piperidine rings is 1. The van der Waals surface area contributed by atoms with Gasteiger partial charge in [0.2, 0.25) is 17.7 Å². The lowest BCUT2D eigenvalue weighted by atomic mass is 10.0. The highest BCUT2D eigenvalue weighted by Gasteiger charge is 2.43. The number of ether oxygens (including phenoxy) is 2. The second kappa shape index (κ2) is 12.8. The minimum atomic E-state index is -4.59. The van der Waals surface area contributed by atoms with E-state index in [4.69, 9.17) is 9.47 Å². The Balaban J connectivity index is 1.47. The maximum atomic E-state index is 13.6. The van der Waals surface area contributed by atoms with E-state index in [-0.39, 0.29) is 29.1 Å². The van der Waals surface area contributed by atoms with Gasteiger partial charge in [-0.2, -0.15) is 23.1 Å². The summed E-state index contributed by atoms with van der Waals surface area (Å²) >= 11 is 0. The molecule has 2 aliphatic rings. The number of carbonyl (C=O) groups excluding carboxylic acids is 2. The molecule has 12 nitrogen and oxygen atoms in total. The van der Waals surface area contributed by atoms with Gasteiger partial charge in [-0.15, -0.1) is 0 Å². The topological polar surface area (TPSA) is 125 Å². The summed E-state index contributed by atoms with van der Waals surface area (Å²) in [6, 6.07) is 10.2. The summed E-state index contributed by atoms with van der Waals surface area (Å²) in [7, 11) is 4.04. The Morgan fingerprint density at radius 1 is 1.20 bits per heavy atom. The van der Waals surface area contributed by atoms with Crippen LogP contribution in [0.2, 0.25) is 0 Å². The van der Waals surface area contributed by atoms with Gasteiger partial charge in [0.15, 0.2) is 23.8 Å². The van der Waals surface area contributed by atoms with E-state index >= 15 is 0 Å². The van der Waals surface area contributed by atoms with Crippen molar-refractivity contribution < 1.29 is 32.2 Å². The average Bonchev–Trinajstić information content (AvgIpc) is 3.01. The maximum absolute atomic E-state index is 13.6. The molecular formula is C31H35F3N8O4. The molecule has 0 radical (unpaired) electrons. The van der Waals surface area contributed by atoms with Crippen molar-refractivity contribution in [1.29, 1.82) is 0 Å². The minimum absolute atomic E-state index is 0.0471. The number of hydrogen-bond donors (Lipinski definition) is 2. The fourth-order valence-corrected chi connectivity index (χ4v) is 5.19. The predicted octanol–water partition coefficient (Wildman–Crippen LogP) is 5.05. The molecule has 0 atom stereocenters. The van der Waals surface area contributed by atoms with Gasteiger partial charge in [0.05, 0.1) is 11.9 Å². The number of halogens is 3. The van der Waals surface area contributed by atoms with Crippen LogP contribution in [0.1, 0.15) is 26.7 Å². The van der Waals surface area contributed by atoms with Crippen molar-refractivity contribution in [3.63, 3.8) is 0 Å². The van der Waals surface area contributed by atoms with Crippen molar-refractivity contribution in [2.45, 2.75) is 44.5 Å². The van der Waals surface area contributed by atoms with Crippen molar-refractivity contribution in [2.24, 2.45) is 0 Å². The Kier molecular flexibility index (Phi) is 9.06. The number of alkyl halides is 3. The molecule has 5 rings (SSSR count). The number of carbonyl (C=O) groups is 2. The smallest absolute Gasteiger partial charge is 0.422 e. The molecule has 0 saturated carbocycles. The van der Waals surface area contributed by atoms with Crippen LogP contribution < -0.4 is 29.9 Å². The Labute approximate surface area is 264 Å². The van der Waals surface area contributed by atoms with E-state index in [1.54, 1.807) is 50.2 Å². The van der Waals surface area contributed by atoms with Gasteiger partial charge in [0.25, 0.3) is 5.91 Å². The Bertz CT molecular complexity index is 1620. The summed E-state index contributed by atoms with van der Waals surface area (Å²) in [6.07, 6.45) is -0.340. The Morgan fingerprint density at radius 3 is 2.61 bits per heavy atom. The second-order valence-corrected chi connectivity index (χ2v) is 11.6. The summed E-state index contributed by atoms with van der Waals surface area (Å²) < 4.78 is 50.6. The van der Waals surface area contributed by atoms with Gasteiger partial charge < -0.3 is 29.9 Å². The van der Waals surface area contributed by atoms with E-state index in [1.165, 1.54) is 11.1 Å². The normalized spacial score (nSPS) is 16.5. The van der Waals surface area contributed by atoms with Crippen LogP contribution in [0.15, 0.2) is 55.3 Å². The quantitative estimate of drug-likeness (QED) is 0.307. The number of pyridine rings is 1. The summed E-state index contributed by atoms with van der Waals surface area (Å²) in [5.41, 5.74) is -0.394. The van der Waals surface area contributed by atoms with Gasteiger partial charge >= 0.3 is 6.18 Å². The fourth-order valence-electron chi connectivity index (χ4n) is 5.19. The minimum Gasteiger partial charge on any atom is -0.472 e. The van der Waals surface area contributed by atoms with E-state index in [1.807, 2.05) is 19.0 Å². The maximum Gasteiger partial charge on any atom is 0.422 e. The molecule has 244 valence electrons. The van der Waals surface area contributed by atoms with Crippen molar-refractivity contribution in [2.75, 3.05) is 54.2 Å². The van der Waals surface area contributed by atoms with Gasteiger partial charge in [0, 0.05) is 24.8 Å². The van der Waals surface area contributed by atoms with E-state index in [9.17, 15) is 22.8 Å². The molecule has 2 N–H and O–H groups in total. The largest absolute Gasteiger partial charge is 0.472 e. The van der Waals surface area contributed by atoms with E-state index in [0.717, 1.165) is 18.9 Å². The fraction of sp³-hybridized carbons (Fsp3) is 0.387.